The lowest BCUT2D eigenvalue weighted by molar-refractivity contribution is 0.0302. The van der Waals surface area contributed by atoms with E-state index in [0.29, 0.717) is 34.6 Å². The van der Waals surface area contributed by atoms with Crippen LogP contribution in [0.3, 0.4) is 0 Å². The second kappa shape index (κ2) is 13.4. The molecule has 2 aliphatic rings. The number of aromatic nitrogens is 1. The number of benzene rings is 2. The van der Waals surface area contributed by atoms with E-state index < -0.39 is 6.09 Å². The maximum absolute atomic E-state index is 12.8. The van der Waals surface area contributed by atoms with E-state index >= 15 is 0 Å². The van der Waals surface area contributed by atoms with Gasteiger partial charge in [-0.25, -0.2) is 4.79 Å². The molecule has 0 saturated carbocycles. The molecule has 0 spiro atoms. The van der Waals surface area contributed by atoms with Gasteiger partial charge in [-0.3, -0.25) is 0 Å². The molecule has 11 nitrogen and oxygen atoms in total. The molecule has 4 heterocycles. The predicted molar refractivity (Wildman–Crippen MR) is 167 cm³/mol. The van der Waals surface area contributed by atoms with E-state index in [1.807, 2.05) is 30.3 Å². The van der Waals surface area contributed by atoms with Crippen LogP contribution in [0.25, 0.3) is 21.9 Å². The highest BCUT2D eigenvalue weighted by atomic mass is 16.6. The molecule has 2 saturated heterocycles. The topological polar surface area (TPSA) is 122 Å². The number of amides is 1. The number of ether oxygens (including phenoxy) is 4. The summed E-state index contributed by atoms with van der Waals surface area (Å²) in [7, 11) is 3.21. The molecule has 11 heteroatoms. The molecule has 1 amide bonds. The number of furan rings is 1. The van der Waals surface area contributed by atoms with Gasteiger partial charge in [0.15, 0.2) is 0 Å². The number of nitrogens with one attached hydrogen (secondary N) is 2. The Kier molecular flexibility index (Phi) is 9.15. The summed E-state index contributed by atoms with van der Waals surface area (Å²) in [5.41, 5.74) is 2.30. The van der Waals surface area contributed by atoms with Crippen LogP contribution in [0, 0.1) is 5.92 Å². The number of hydrogen-bond donors (Lipinski definition) is 3. The number of nitrogens with zero attached hydrogens (tertiary/aromatic N) is 2. The fourth-order valence-electron chi connectivity index (χ4n) is 6.29. The van der Waals surface area contributed by atoms with Crippen molar-refractivity contribution in [2.75, 3.05) is 53.5 Å². The van der Waals surface area contributed by atoms with Crippen molar-refractivity contribution in [3.63, 3.8) is 0 Å². The Bertz CT molecular complexity index is 1580. The van der Waals surface area contributed by atoms with Gasteiger partial charge in [-0.15, -0.1) is 0 Å². The zero-order valence-corrected chi connectivity index (χ0v) is 25.6. The number of fused-ring (bicyclic) bond motifs is 2. The van der Waals surface area contributed by atoms with Crippen LogP contribution >= 0.6 is 0 Å². The first kappa shape index (κ1) is 30.1. The number of rotatable bonds is 10. The molecule has 2 atom stereocenters. The van der Waals surface area contributed by atoms with Crippen LogP contribution in [-0.4, -0.2) is 91.6 Å². The first-order chi connectivity index (χ1) is 21.4. The van der Waals surface area contributed by atoms with Gasteiger partial charge in [-0.05, 0) is 37.3 Å². The lowest BCUT2D eigenvalue weighted by Gasteiger charge is -2.37. The van der Waals surface area contributed by atoms with E-state index in [1.165, 1.54) is 0 Å². The molecule has 0 bridgehead atoms. The number of aromatic amines is 1. The first-order valence-corrected chi connectivity index (χ1v) is 15.4. The Morgan fingerprint density at radius 3 is 2.61 bits per heavy atom. The maximum atomic E-state index is 12.8. The molecule has 2 aromatic carbocycles. The van der Waals surface area contributed by atoms with Crippen LogP contribution in [0.4, 0.5) is 4.79 Å². The maximum Gasteiger partial charge on any atom is 0.414 e. The van der Waals surface area contributed by atoms with Crippen LogP contribution in [0.5, 0.6) is 23.1 Å². The molecule has 4 aromatic rings. The van der Waals surface area contributed by atoms with Crippen molar-refractivity contribution in [3.05, 3.63) is 48.2 Å². The molecule has 3 N–H and O–H groups in total. The fraction of sp³-hybridized carbons (Fsp3) is 0.485. The van der Waals surface area contributed by atoms with Crippen molar-refractivity contribution in [2.24, 2.45) is 5.92 Å². The minimum atomic E-state index is -0.467. The van der Waals surface area contributed by atoms with E-state index in [1.54, 1.807) is 26.5 Å². The molecule has 0 radical (unpaired) electrons. The second-order valence-electron chi connectivity index (χ2n) is 11.9. The lowest BCUT2D eigenvalue weighted by atomic mass is 9.97. The van der Waals surface area contributed by atoms with Crippen molar-refractivity contribution < 1.29 is 33.3 Å². The third-order valence-corrected chi connectivity index (χ3v) is 8.92. The van der Waals surface area contributed by atoms with E-state index in [4.69, 9.17) is 23.4 Å². The number of hydrogen-bond acceptors (Lipinski definition) is 9. The van der Waals surface area contributed by atoms with Gasteiger partial charge in [0, 0.05) is 74.5 Å². The molecule has 2 aliphatic heterocycles. The monoisotopic (exact) mass is 606 g/mol. The Morgan fingerprint density at radius 1 is 1.05 bits per heavy atom. The van der Waals surface area contributed by atoms with Crippen molar-refractivity contribution >= 4 is 28.0 Å². The summed E-state index contributed by atoms with van der Waals surface area (Å²) in [6, 6.07) is 11.2. The highest BCUT2D eigenvalue weighted by Crippen LogP contribution is 2.36. The van der Waals surface area contributed by atoms with Crippen LogP contribution in [-0.2, 0) is 6.61 Å². The number of likely N-dealkylation sites (tertiary alicyclic amines) is 2. The third-order valence-electron chi connectivity index (χ3n) is 8.92. The minimum absolute atomic E-state index is 0.0777. The van der Waals surface area contributed by atoms with Gasteiger partial charge >= 0.3 is 6.09 Å². The summed E-state index contributed by atoms with van der Waals surface area (Å²) in [6.07, 6.45) is 3.65. The Morgan fingerprint density at radius 2 is 1.84 bits per heavy atom. The number of H-pyrrole nitrogens is 1. The van der Waals surface area contributed by atoms with Crippen LogP contribution in [0.1, 0.15) is 31.7 Å². The largest absolute Gasteiger partial charge is 0.496 e. The van der Waals surface area contributed by atoms with Gasteiger partial charge in [0.1, 0.15) is 29.4 Å². The average Bonchev–Trinajstić information content (AvgIpc) is 3.64. The van der Waals surface area contributed by atoms with Gasteiger partial charge < -0.3 is 48.6 Å². The standard InChI is InChI=1S/C33H42N4O7/c1-21-18-37(12-9-27(21)38)14-13-36-10-7-23(8-11-36)34-33(39)44-31-17-25-26(35-31)5-4-6-28(25)42-19-22-20-43-30-16-24(40-2)15-29(41-3)32(22)30/h4-6,15-17,20-21,23,27,35,38H,7-14,18-19H2,1-3H3,(H,34,39)/t21-,27-/m0/s1. The molecular weight excluding hydrogens is 564 g/mol. The van der Waals surface area contributed by atoms with Gasteiger partial charge in [0.05, 0.1) is 37.5 Å². The molecular formula is C33H42N4O7. The van der Waals surface area contributed by atoms with Crippen molar-refractivity contribution in [1.29, 1.82) is 0 Å². The molecule has 0 aliphatic carbocycles. The number of piperidine rings is 2. The molecule has 6 rings (SSSR count). The Hall–Kier alpha value is -3.93. The first-order valence-electron chi connectivity index (χ1n) is 15.4. The average molecular weight is 607 g/mol. The zero-order chi connectivity index (χ0) is 30.6. The van der Waals surface area contributed by atoms with E-state index in [0.717, 1.165) is 80.4 Å². The number of carbonyl (C=O) groups excluding carboxylic acids is 1. The van der Waals surface area contributed by atoms with E-state index in [-0.39, 0.29) is 18.8 Å². The minimum Gasteiger partial charge on any atom is -0.496 e. The number of aliphatic hydroxyl groups is 1. The summed E-state index contributed by atoms with van der Waals surface area (Å²) in [5.74, 6) is 2.63. The highest BCUT2D eigenvalue weighted by Gasteiger charge is 2.26. The van der Waals surface area contributed by atoms with Gasteiger partial charge in [0.25, 0.3) is 0 Å². The fourth-order valence-corrected chi connectivity index (χ4v) is 6.29. The van der Waals surface area contributed by atoms with E-state index in [2.05, 4.69) is 27.0 Å². The molecule has 2 fully saturated rings. The Balaban J connectivity index is 1.01. The van der Waals surface area contributed by atoms with E-state index in [9.17, 15) is 9.90 Å². The Labute approximate surface area is 257 Å². The smallest absolute Gasteiger partial charge is 0.414 e. The van der Waals surface area contributed by atoms with Crippen LogP contribution in [0.2, 0.25) is 0 Å². The number of carbonyl (C=O) groups is 1. The summed E-state index contributed by atoms with van der Waals surface area (Å²) in [5, 5.41) is 14.6. The normalized spacial score (nSPS) is 20.2. The van der Waals surface area contributed by atoms with Crippen LogP contribution < -0.4 is 24.3 Å². The van der Waals surface area contributed by atoms with Crippen molar-refractivity contribution in [2.45, 2.75) is 44.9 Å². The van der Waals surface area contributed by atoms with Crippen molar-refractivity contribution in [3.8, 4) is 23.1 Å². The molecule has 44 heavy (non-hydrogen) atoms. The molecule has 236 valence electrons. The number of methoxy groups -OCH3 is 2. The summed E-state index contributed by atoms with van der Waals surface area (Å²) in [4.78, 5) is 20.8. The van der Waals surface area contributed by atoms with Crippen LogP contribution in [0.15, 0.2) is 47.1 Å². The zero-order valence-electron chi connectivity index (χ0n) is 25.6. The third kappa shape index (κ3) is 6.74. The number of aliphatic hydroxyl groups excluding tert-OH is 1. The predicted octanol–water partition coefficient (Wildman–Crippen LogP) is 4.77. The van der Waals surface area contributed by atoms with Gasteiger partial charge in [-0.1, -0.05) is 13.0 Å². The summed E-state index contributed by atoms with van der Waals surface area (Å²) in [6.45, 7) is 8.21. The van der Waals surface area contributed by atoms with Gasteiger partial charge in [-0.2, -0.15) is 0 Å². The molecule has 2 aromatic heterocycles. The van der Waals surface area contributed by atoms with Gasteiger partial charge in [0.2, 0.25) is 5.88 Å². The molecule has 0 unspecified atom stereocenters. The highest BCUT2D eigenvalue weighted by molar-refractivity contribution is 5.90. The second-order valence-corrected chi connectivity index (χ2v) is 11.9. The van der Waals surface area contributed by atoms with Crippen molar-refractivity contribution in [1.82, 2.24) is 20.1 Å². The SMILES string of the molecule is COc1cc(OC)c2c(COc3cccc4[nH]c(OC(=O)NC5CCN(CCN6CC[C@H](O)[C@@H](C)C6)CC5)cc34)coc2c1. The summed E-state index contributed by atoms with van der Waals surface area (Å²) >= 11 is 0. The quantitative estimate of drug-likeness (QED) is 0.234. The summed E-state index contributed by atoms with van der Waals surface area (Å²) < 4.78 is 28.5. The lowest BCUT2D eigenvalue weighted by Crippen LogP contribution is -2.48.